The molecule has 4 heterocycles. The third kappa shape index (κ3) is 5.27. The van der Waals surface area contributed by atoms with Crippen LogP contribution in [0.1, 0.15) is 13.8 Å². The summed E-state index contributed by atoms with van der Waals surface area (Å²) < 4.78 is 62.2. The molecule has 0 aromatic carbocycles. The molecule has 2 saturated heterocycles. The standard InChI is InChI=1S/C18H26N5O12P3/c1-9-10(2)32-15-12(5-23-8-22-14-16(19)20-7-21-17(14)23)33-18(4-3-11(9)13(15)18)6-31-37(27,28)35-38(29,30)34-36(24,25)26/h3-4,7-13,15H,5-6H2,1-2H3,(H,27,28)(H,29,30)(H2,19,20,21)(H2,24,25,26). The highest BCUT2D eigenvalue weighted by molar-refractivity contribution is 7.66. The molecule has 6 N–H and O–H groups in total. The second-order valence-electron chi connectivity index (χ2n) is 9.43. The minimum Gasteiger partial charge on any atom is -0.382 e. The van der Waals surface area contributed by atoms with E-state index in [2.05, 4.69) is 23.6 Å². The van der Waals surface area contributed by atoms with Crippen molar-refractivity contribution in [3.8, 4) is 0 Å². The molecule has 2 aliphatic heterocycles. The molecule has 20 heteroatoms. The largest absolute Gasteiger partial charge is 0.490 e. The van der Waals surface area contributed by atoms with Crippen molar-refractivity contribution in [1.29, 1.82) is 0 Å². The van der Waals surface area contributed by atoms with Gasteiger partial charge in [-0.25, -0.2) is 28.6 Å². The lowest BCUT2D eigenvalue weighted by molar-refractivity contribution is -0.123. The van der Waals surface area contributed by atoms with Gasteiger partial charge in [0, 0.05) is 5.92 Å². The maximum Gasteiger partial charge on any atom is 0.490 e. The SMILES string of the molecule is CC1OC2C(Cn3cnc4c(N)ncnc43)OC3(COP(=O)(O)OP(=O)(O)OP(=O)(O)O)C=CC(C1C)C23. The molecule has 1 aliphatic carbocycles. The number of nitrogens with two attached hydrogens (primary N) is 1. The summed E-state index contributed by atoms with van der Waals surface area (Å²) in [4.78, 5) is 49.4. The molecule has 9 atom stereocenters. The van der Waals surface area contributed by atoms with Crippen LogP contribution in [0, 0.1) is 17.8 Å². The van der Waals surface area contributed by atoms with Crippen LogP contribution in [-0.4, -0.2) is 69.6 Å². The fourth-order valence-electron chi connectivity index (χ4n) is 5.42. The van der Waals surface area contributed by atoms with Crippen molar-refractivity contribution >= 4 is 40.4 Å². The van der Waals surface area contributed by atoms with Crippen LogP contribution in [0.15, 0.2) is 24.8 Å². The van der Waals surface area contributed by atoms with E-state index in [1.165, 1.54) is 12.7 Å². The Morgan fingerprint density at radius 2 is 1.84 bits per heavy atom. The van der Waals surface area contributed by atoms with Crippen molar-refractivity contribution in [3.05, 3.63) is 24.8 Å². The molecule has 0 bridgehead atoms. The number of imidazole rings is 1. The van der Waals surface area contributed by atoms with Crippen molar-refractivity contribution in [3.63, 3.8) is 0 Å². The summed E-state index contributed by atoms with van der Waals surface area (Å²) in [5.74, 6) is -0.133. The Morgan fingerprint density at radius 3 is 2.55 bits per heavy atom. The molecule has 0 radical (unpaired) electrons. The molecule has 2 aromatic heterocycles. The zero-order valence-electron chi connectivity index (χ0n) is 20.0. The Bertz CT molecular complexity index is 1410. The maximum absolute atomic E-state index is 12.4. The van der Waals surface area contributed by atoms with Crippen molar-refractivity contribution in [1.82, 2.24) is 19.5 Å². The van der Waals surface area contributed by atoms with Crippen LogP contribution in [0.3, 0.4) is 0 Å². The average molecular weight is 597 g/mol. The molecule has 38 heavy (non-hydrogen) atoms. The van der Waals surface area contributed by atoms with Crippen molar-refractivity contribution in [2.45, 2.75) is 44.3 Å². The van der Waals surface area contributed by atoms with Gasteiger partial charge in [-0.15, -0.1) is 0 Å². The van der Waals surface area contributed by atoms with E-state index in [-0.39, 0.29) is 36.2 Å². The number of hydrogen-bond donors (Lipinski definition) is 5. The zero-order valence-corrected chi connectivity index (χ0v) is 22.6. The predicted molar refractivity (Wildman–Crippen MR) is 127 cm³/mol. The van der Waals surface area contributed by atoms with Gasteiger partial charge >= 0.3 is 23.5 Å². The normalized spacial score (nSPS) is 35.7. The van der Waals surface area contributed by atoms with Gasteiger partial charge in [-0.1, -0.05) is 19.1 Å². The Kier molecular flexibility index (Phi) is 7.00. The van der Waals surface area contributed by atoms with Crippen LogP contribution in [0.2, 0.25) is 0 Å². The van der Waals surface area contributed by atoms with Gasteiger partial charge in [0.15, 0.2) is 11.5 Å². The van der Waals surface area contributed by atoms with E-state index in [1.807, 2.05) is 19.9 Å². The van der Waals surface area contributed by atoms with Crippen LogP contribution in [0.5, 0.6) is 0 Å². The summed E-state index contributed by atoms with van der Waals surface area (Å²) in [5.41, 5.74) is 5.49. The highest BCUT2D eigenvalue weighted by atomic mass is 31.3. The second kappa shape index (κ2) is 9.51. The monoisotopic (exact) mass is 597 g/mol. The molecule has 2 fully saturated rings. The quantitative estimate of drug-likeness (QED) is 0.201. The first-order valence-electron chi connectivity index (χ1n) is 11.3. The van der Waals surface area contributed by atoms with Gasteiger partial charge in [0.2, 0.25) is 0 Å². The number of rotatable bonds is 9. The molecule has 9 unspecified atom stereocenters. The van der Waals surface area contributed by atoms with Gasteiger partial charge in [0.1, 0.15) is 23.5 Å². The van der Waals surface area contributed by atoms with Crippen molar-refractivity contribution in [2.24, 2.45) is 17.8 Å². The topological polar surface area (TPSA) is 248 Å². The highest BCUT2D eigenvalue weighted by Crippen LogP contribution is 2.67. The number of ether oxygens (including phenoxy) is 2. The van der Waals surface area contributed by atoms with Gasteiger partial charge in [-0.2, -0.15) is 8.62 Å². The molecule has 0 saturated carbocycles. The number of aromatic nitrogens is 4. The third-order valence-electron chi connectivity index (χ3n) is 7.07. The van der Waals surface area contributed by atoms with Gasteiger partial charge in [-0.05, 0) is 18.8 Å². The van der Waals surface area contributed by atoms with E-state index >= 15 is 0 Å². The van der Waals surface area contributed by atoms with Gasteiger partial charge < -0.3 is 39.3 Å². The first-order chi connectivity index (χ1) is 17.6. The highest BCUT2D eigenvalue weighted by Gasteiger charge is 2.63. The summed E-state index contributed by atoms with van der Waals surface area (Å²) >= 11 is 0. The van der Waals surface area contributed by atoms with Gasteiger partial charge in [-0.3, -0.25) is 4.52 Å². The molecule has 5 rings (SSSR count). The Morgan fingerprint density at radius 1 is 1.11 bits per heavy atom. The van der Waals surface area contributed by atoms with E-state index in [9.17, 15) is 23.5 Å². The van der Waals surface area contributed by atoms with E-state index in [0.717, 1.165) is 0 Å². The Labute approximate surface area is 215 Å². The predicted octanol–water partition coefficient (Wildman–Crippen LogP) is 1.11. The number of nitrogen functional groups attached to an aromatic ring is 1. The first-order valence-corrected chi connectivity index (χ1v) is 15.8. The number of fused-ring (bicyclic) bond motifs is 1. The third-order valence-corrected chi connectivity index (χ3v) is 10.8. The van der Waals surface area contributed by atoms with E-state index in [1.54, 1.807) is 10.6 Å². The first kappa shape index (κ1) is 28.0. The lowest BCUT2D eigenvalue weighted by Crippen LogP contribution is -2.50. The van der Waals surface area contributed by atoms with E-state index in [0.29, 0.717) is 11.2 Å². The van der Waals surface area contributed by atoms with Gasteiger partial charge in [0.05, 0.1) is 31.7 Å². The summed E-state index contributed by atoms with van der Waals surface area (Å²) in [6, 6.07) is 0. The molecule has 3 aliphatic rings. The van der Waals surface area contributed by atoms with Crippen LogP contribution in [0.4, 0.5) is 5.82 Å². The van der Waals surface area contributed by atoms with E-state index < -0.39 is 47.9 Å². The minimum atomic E-state index is -5.66. The summed E-state index contributed by atoms with van der Waals surface area (Å²) in [7, 11) is -16.5. The lowest BCUT2D eigenvalue weighted by Gasteiger charge is -2.42. The zero-order chi connectivity index (χ0) is 27.7. The summed E-state index contributed by atoms with van der Waals surface area (Å²) in [6.45, 7) is 3.57. The Balaban J connectivity index is 1.39. The van der Waals surface area contributed by atoms with Crippen molar-refractivity contribution < 1.29 is 55.9 Å². The van der Waals surface area contributed by atoms with Crippen LogP contribution in [-0.2, 0) is 42.9 Å². The molecule has 2 aromatic rings. The maximum atomic E-state index is 12.4. The summed E-state index contributed by atoms with van der Waals surface area (Å²) in [5, 5.41) is 0. The molecule has 210 valence electrons. The number of phosphoric acid groups is 3. The van der Waals surface area contributed by atoms with Crippen LogP contribution >= 0.6 is 23.5 Å². The number of phosphoric ester groups is 1. The molecule has 0 amide bonds. The van der Waals surface area contributed by atoms with Crippen LogP contribution < -0.4 is 5.73 Å². The van der Waals surface area contributed by atoms with Crippen molar-refractivity contribution in [2.75, 3.05) is 12.3 Å². The number of hydrogen-bond acceptors (Lipinski definition) is 12. The molecule has 0 spiro atoms. The molecular weight excluding hydrogens is 571 g/mol. The lowest BCUT2D eigenvalue weighted by atomic mass is 9.72. The van der Waals surface area contributed by atoms with Crippen LogP contribution in [0.25, 0.3) is 11.2 Å². The smallest absolute Gasteiger partial charge is 0.382 e. The fraction of sp³-hybridized carbons (Fsp3) is 0.611. The summed E-state index contributed by atoms with van der Waals surface area (Å²) in [6.07, 6.45) is 5.24. The molecule has 17 nitrogen and oxygen atoms in total. The molecular formula is C18H26N5O12P3. The fourth-order valence-corrected chi connectivity index (χ4v) is 8.48. The number of allylic oxidation sites excluding steroid dienone is 1. The van der Waals surface area contributed by atoms with Gasteiger partial charge in [0.25, 0.3) is 0 Å². The second-order valence-corrected chi connectivity index (χ2v) is 13.9. The number of anilines is 1. The van der Waals surface area contributed by atoms with E-state index in [4.69, 9.17) is 29.5 Å². The minimum absolute atomic E-state index is 0.0456. The number of nitrogens with zero attached hydrogens (tertiary/aromatic N) is 4. The Hall–Kier alpha value is -1.58. The average Bonchev–Trinajstić information content (AvgIpc) is 3.43.